The number of amides is 1. The maximum atomic E-state index is 13.1. The zero-order chi connectivity index (χ0) is 23.5. The smallest absolute Gasteiger partial charge is 0.270 e. The van der Waals surface area contributed by atoms with E-state index in [1.165, 1.54) is 35.9 Å². The summed E-state index contributed by atoms with van der Waals surface area (Å²) in [5, 5.41) is 0.582. The number of ether oxygens (including phenoxy) is 2. The van der Waals surface area contributed by atoms with Gasteiger partial charge >= 0.3 is 0 Å². The van der Waals surface area contributed by atoms with Crippen LogP contribution in [0.15, 0.2) is 70.0 Å². The quantitative estimate of drug-likeness (QED) is 0.233. The number of hydrogen-bond acceptors (Lipinski definition) is 5. The minimum absolute atomic E-state index is 0.209. The number of rotatable bonds is 6. The highest BCUT2D eigenvalue weighted by Crippen LogP contribution is 2.40. The largest absolute Gasteiger partial charge is 0.493 e. The van der Waals surface area contributed by atoms with Gasteiger partial charge in [0.05, 0.1) is 22.2 Å². The van der Waals surface area contributed by atoms with E-state index in [0.717, 1.165) is 11.1 Å². The molecule has 3 aromatic rings. The van der Waals surface area contributed by atoms with E-state index >= 15 is 0 Å². The Kier molecular flexibility index (Phi) is 7.38. The van der Waals surface area contributed by atoms with Crippen LogP contribution in [0.1, 0.15) is 11.1 Å². The number of anilines is 1. The normalized spacial score (nSPS) is 14.8. The van der Waals surface area contributed by atoms with Crippen LogP contribution in [0.4, 0.5) is 10.1 Å². The molecule has 3 aromatic carbocycles. The summed E-state index contributed by atoms with van der Waals surface area (Å²) in [6.07, 6.45) is 1.76. The summed E-state index contributed by atoms with van der Waals surface area (Å²) < 4.78 is 25.6. The van der Waals surface area contributed by atoms with Gasteiger partial charge in [-0.15, -0.1) is 0 Å². The molecule has 4 nitrogen and oxygen atoms in total. The minimum Gasteiger partial charge on any atom is -0.493 e. The molecule has 0 unspecified atom stereocenters. The highest BCUT2D eigenvalue weighted by molar-refractivity contribution is 9.10. The summed E-state index contributed by atoms with van der Waals surface area (Å²) in [7, 11) is 1.54. The summed E-state index contributed by atoms with van der Waals surface area (Å²) in [5.74, 6) is 0.487. The monoisotopic (exact) mass is 563 g/mol. The third-order valence-corrected chi connectivity index (χ3v) is 6.87. The number of carbonyl (C=O) groups is 1. The van der Waals surface area contributed by atoms with E-state index in [0.29, 0.717) is 35.9 Å². The lowest BCUT2D eigenvalue weighted by atomic mass is 10.1. The van der Waals surface area contributed by atoms with Gasteiger partial charge < -0.3 is 9.47 Å². The molecule has 0 N–H and O–H groups in total. The molecule has 168 valence electrons. The Morgan fingerprint density at radius 3 is 2.52 bits per heavy atom. The van der Waals surface area contributed by atoms with Crippen molar-refractivity contribution >= 4 is 73.5 Å². The van der Waals surface area contributed by atoms with Gasteiger partial charge in [0.2, 0.25) is 0 Å². The summed E-state index contributed by atoms with van der Waals surface area (Å²) >= 11 is 16.1. The first-order valence-corrected chi connectivity index (χ1v) is 12.0. The Morgan fingerprint density at radius 2 is 1.85 bits per heavy atom. The van der Waals surface area contributed by atoms with E-state index in [1.54, 1.807) is 48.5 Å². The Morgan fingerprint density at radius 1 is 1.15 bits per heavy atom. The fourth-order valence-corrected chi connectivity index (χ4v) is 5.13. The number of carbonyl (C=O) groups excluding carboxylic acids is 1. The molecule has 0 saturated carbocycles. The highest BCUT2D eigenvalue weighted by atomic mass is 79.9. The number of benzene rings is 3. The van der Waals surface area contributed by atoms with E-state index in [9.17, 15) is 9.18 Å². The molecule has 1 fully saturated rings. The maximum absolute atomic E-state index is 13.1. The van der Waals surface area contributed by atoms with Crippen molar-refractivity contribution in [3.8, 4) is 11.5 Å². The lowest BCUT2D eigenvalue weighted by Gasteiger charge is -2.14. The lowest BCUT2D eigenvalue weighted by molar-refractivity contribution is -0.113. The van der Waals surface area contributed by atoms with Crippen molar-refractivity contribution in [2.45, 2.75) is 6.61 Å². The average Bonchev–Trinajstić information content (AvgIpc) is 3.07. The van der Waals surface area contributed by atoms with Gasteiger partial charge in [-0.05, 0) is 81.7 Å². The standard InChI is InChI=1S/C24H16BrClFNO3S2/c1-30-20-11-15(10-19(25)22(20)31-13-14-2-6-17(27)7-3-14)12-21-23(29)28(24(32)33-21)18-8-4-16(26)5-9-18/h2-12H,13H2,1H3/b21-12+. The molecule has 0 radical (unpaired) electrons. The van der Waals surface area contributed by atoms with Crippen molar-refractivity contribution in [2.75, 3.05) is 12.0 Å². The van der Waals surface area contributed by atoms with Crippen molar-refractivity contribution in [1.29, 1.82) is 0 Å². The van der Waals surface area contributed by atoms with Crippen molar-refractivity contribution in [3.05, 3.63) is 92.0 Å². The van der Waals surface area contributed by atoms with Crippen molar-refractivity contribution < 1.29 is 18.7 Å². The number of hydrogen-bond donors (Lipinski definition) is 0. The average molecular weight is 565 g/mol. The van der Waals surface area contributed by atoms with Crippen LogP contribution in [-0.4, -0.2) is 17.3 Å². The van der Waals surface area contributed by atoms with Gasteiger partial charge in [0.15, 0.2) is 15.8 Å². The van der Waals surface area contributed by atoms with Gasteiger partial charge in [0, 0.05) is 5.02 Å². The molecule has 1 saturated heterocycles. The minimum atomic E-state index is -0.302. The van der Waals surface area contributed by atoms with E-state index in [-0.39, 0.29) is 18.3 Å². The molecule has 0 atom stereocenters. The topological polar surface area (TPSA) is 38.8 Å². The van der Waals surface area contributed by atoms with Crippen LogP contribution >= 0.6 is 51.5 Å². The fraction of sp³-hybridized carbons (Fsp3) is 0.0833. The molecule has 0 aromatic heterocycles. The number of thiocarbonyl (C=S) groups is 1. The van der Waals surface area contributed by atoms with Gasteiger partial charge in [-0.1, -0.05) is 47.7 Å². The van der Waals surface area contributed by atoms with Crippen LogP contribution in [0.2, 0.25) is 5.02 Å². The summed E-state index contributed by atoms with van der Waals surface area (Å²) in [4.78, 5) is 15.0. The highest BCUT2D eigenvalue weighted by Gasteiger charge is 2.33. The predicted octanol–water partition coefficient (Wildman–Crippen LogP) is 7.24. The molecule has 9 heteroatoms. The zero-order valence-electron chi connectivity index (χ0n) is 17.2. The first kappa shape index (κ1) is 23.8. The molecule has 4 rings (SSSR count). The van der Waals surface area contributed by atoms with Crippen LogP contribution in [0.5, 0.6) is 11.5 Å². The van der Waals surface area contributed by atoms with Crippen LogP contribution in [0, 0.1) is 5.82 Å². The van der Waals surface area contributed by atoms with Gasteiger partial charge in [-0.2, -0.15) is 0 Å². The van der Waals surface area contributed by atoms with E-state index < -0.39 is 0 Å². The maximum Gasteiger partial charge on any atom is 0.270 e. The Labute approximate surface area is 213 Å². The molecule has 0 bridgehead atoms. The first-order chi connectivity index (χ1) is 15.9. The third kappa shape index (κ3) is 5.41. The molecule has 33 heavy (non-hydrogen) atoms. The molecule has 1 amide bonds. The summed E-state index contributed by atoms with van der Waals surface area (Å²) in [6, 6.07) is 16.6. The Bertz CT molecular complexity index is 1250. The van der Waals surface area contributed by atoms with E-state index in [1.807, 2.05) is 6.07 Å². The Hall–Kier alpha value is -2.39. The van der Waals surface area contributed by atoms with Gasteiger partial charge in [0.1, 0.15) is 12.4 Å². The first-order valence-electron chi connectivity index (χ1n) is 9.64. The van der Waals surface area contributed by atoms with Crippen LogP contribution < -0.4 is 14.4 Å². The Balaban J connectivity index is 1.57. The van der Waals surface area contributed by atoms with Crippen molar-refractivity contribution in [1.82, 2.24) is 0 Å². The second-order valence-corrected chi connectivity index (χ2v) is 9.91. The van der Waals surface area contributed by atoms with Crippen molar-refractivity contribution in [2.24, 2.45) is 0 Å². The third-order valence-electron chi connectivity index (χ3n) is 4.72. The number of methoxy groups -OCH3 is 1. The lowest BCUT2D eigenvalue weighted by Crippen LogP contribution is -2.27. The molecule has 0 aliphatic carbocycles. The van der Waals surface area contributed by atoms with E-state index in [2.05, 4.69) is 15.9 Å². The van der Waals surface area contributed by atoms with Crippen molar-refractivity contribution in [3.63, 3.8) is 0 Å². The van der Waals surface area contributed by atoms with Gasteiger partial charge in [0.25, 0.3) is 5.91 Å². The second-order valence-electron chi connectivity index (χ2n) is 6.94. The predicted molar refractivity (Wildman–Crippen MR) is 139 cm³/mol. The zero-order valence-corrected chi connectivity index (χ0v) is 21.2. The summed E-state index contributed by atoms with van der Waals surface area (Å²) in [6.45, 7) is 0.244. The SMILES string of the molecule is COc1cc(/C=C2/SC(=S)N(c3ccc(Cl)cc3)C2=O)cc(Br)c1OCc1ccc(F)cc1. The molecular weight excluding hydrogens is 549 g/mol. The van der Waals surface area contributed by atoms with Gasteiger partial charge in [-0.25, -0.2) is 4.39 Å². The summed E-state index contributed by atoms with van der Waals surface area (Å²) in [5.41, 5.74) is 2.22. The molecule has 0 spiro atoms. The molecule has 1 aliphatic heterocycles. The van der Waals surface area contributed by atoms with Gasteiger partial charge in [-0.3, -0.25) is 9.69 Å². The van der Waals surface area contributed by atoms with Crippen LogP contribution in [0.3, 0.4) is 0 Å². The molecular formula is C24H16BrClFNO3S2. The molecule has 1 heterocycles. The fourth-order valence-electron chi connectivity index (χ4n) is 3.13. The number of halogens is 3. The number of nitrogens with zero attached hydrogens (tertiary/aromatic N) is 1. The second kappa shape index (κ2) is 10.3. The van der Waals surface area contributed by atoms with Crippen LogP contribution in [-0.2, 0) is 11.4 Å². The van der Waals surface area contributed by atoms with E-state index in [4.69, 9.17) is 33.3 Å². The molecule has 1 aliphatic rings. The van der Waals surface area contributed by atoms with Crippen LogP contribution in [0.25, 0.3) is 6.08 Å². The number of thioether (sulfide) groups is 1.